The summed E-state index contributed by atoms with van der Waals surface area (Å²) < 4.78 is 1.84. The van der Waals surface area contributed by atoms with Crippen LogP contribution in [-0.4, -0.2) is 14.9 Å². The highest BCUT2D eigenvalue weighted by atomic mass is 16.3. The predicted molar refractivity (Wildman–Crippen MR) is 68.7 cm³/mol. The number of hydrogen-bond donors (Lipinski definition) is 1. The molecule has 3 nitrogen and oxygen atoms in total. The maximum absolute atomic E-state index is 10.8. The maximum atomic E-state index is 10.8. The van der Waals surface area contributed by atoms with Gasteiger partial charge in [0.25, 0.3) is 0 Å². The van der Waals surface area contributed by atoms with Crippen LogP contribution in [0.2, 0.25) is 0 Å². The minimum absolute atomic E-state index is 0.299. The van der Waals surface area contributed by atoms with Gasteiger partial charge in [0.2, 0.25) is 0 Å². The first-order chi connectivity index (χ1) is 8.72. The molecular formula is C15H22N2O. The molecule has 1 aromatic rings. The summed E-state index contributed by atoms with van der Waals surface area (Å²) >= 11 is 0. The lowest BCUT2D eigenvalue weighted by Gasteiger charge is -2.55. The Morgan fingerprint density at radius 3 is 2.28 bits per heavy atom. The predicted octanol–water partition coefficient (Wildman–Crippen LogP) is 2.53. The van der Waals surface area contributed by atoms with E-state index in [2.05, 4.69) is 5.10 Å². The fourth-order valence-corrected chi connectivity index (χ4v) is 5.35. The van der Waals surface area contributed by atoms with Gasteiger partial charge in [-0.3, -0.25) is 4.68 Å². The Hall–Kier alpha value is -0.830. The average Bonchev–Trinajstić information content (AvgIpc) is 2.73. The second-order valence-corrected chi connectivity index (χ2v) is 6.83. The molecule has 4 saturated carbocycles. The lowest BCUT2D eigenvalue weighted by molar-refractivity contribution is -0.0927. The first-order valence-electron chi connectivity index (χ1n) is 7.38. The summed E-state index contributed by atoms with van der Waals surface area (Å²) in [5.74, 6) is 3.98. The molecule has 1 heterocycles. The van der Waals surface area contributed by atoms with Gasteiger partial charge in [0.15, 0.2) is 0 Å². The number of aliphatic hydroxyl groups excluding tert-OH is 1. The molecule has 0 amide bonds. The molecule has 4 aliphatic rings. The lowest BCUT2D eigenvalue weighted by atomic mass is 9.50. The minimum Gasteiger partial charge on any atom is -0.387 e. The molecule has 0 spiro atoms. The van der Waals surface area contributed by atoms with Crippen LogP contribution in [0.5, 0.6) is 0 Å². The maximum Gasteiger partial charge on any atom is 0.0989 e. The Bertz CT molecular complexity index is 425. The monoisotopic (exact) mass is 246 g/mol. The molecule has 3 heteroatoms. The first-order valence-corrected chi connectivity index (χ1v) is 7.38. The molecule has 1 aromatic heterocycles. The fourth-order valence-electron chi connectivity index (χ4n) is 5.35. The lowest BCUT2D eigenvalue weighted by Crippen LogP contribution is -2.47. The van der Waals surface area contributed by atoms with Gasteiger partial charge < -0.3 is 5.11 Å². The van der Waals surface area contributed by atoms with Crippen LogP contribution in [0.25, 0.3) is 0 Å². The minimum atomic E-state index is -0.299. The Morgan fingerprint density at radius 2 is 1.78 bits per heavy atom. The summed E-state index contributed by atoms with van der Waals surface area (Å²) in [6.07, 6.45) is 8.45. The van der Waals surface area contributed by atoms with Crippen molar-refractivity contribution in [1.29, 1.82) is 0 Å². The summed E-state index contributed by atoms with van der Waals surface area (Å²) in [4.78, 5) is 0. The van der Waals surface area contributed by atoms with Gasteiger partial charge in [0, 0.05) is 13.2 Å². The molecule has 0 saturated heterocycles. The van der Waals surface area contributed by atoms with Gasteiger partial charge in [-0.05, 0) is 67.8 Å². The van der Waals surface area contributed by atoms with Crippen molar-refractivity contribution in [2.24, 2.45) is 36.6 Å². The SMILES string of the molecule is Cn1nccc1C(O)C1C2CC3CC(C2)CC1C3. The third-order valence-electron chi connectivity index (χ3n) is 5.83. The van der Waals surface area contributed by atoms with E-state index in [1.807, 2.05) is 17.8 Å². The van der Waals surface area contributed by atoms with Crippen molar-refractivity contribution in [3.63, 3.8) is 0 Å². The Balaban J connectivity index is 1.63. The highest BCUT2D eigenvalue weighted by Crippen LogP contribution is 2.59. The molecule has 4 fully saturated rings. The van der Waals surface area contributed by atoms with Gasteiger partial charge in [0.05, 0.1) is 11.8 Å². The van der Waals surface area contributed by atoms with E-state index in [-0.39, 0.29) is 6.10 Å². The molecule has 4 aliphatic carbocycles. The van der Waals surface area contributed by atoms with E-state index >= 15 is 0 Å². The second kappa shape index (κ2) is 3.83. The van der Waals surface area contributed by atoms with Gasteiger partial charge in [-0.15, -0.1) is 0 Å². The van der Waals surface area contributed by atoms with Crippen LogP contribution in [-0.2, 0) is 7.05 Å². The van der Waals surface area contributed by atoms with Crippen LogP contribution >= 0.6 is 0 Å². The summed E-state index contributed by atoms with van der Waals surface area (Å²) in [7, 11) is 1.94. The standard InChI is InChI=1S/C15H22N2O/c1-17-13(2-3-16-17)15(18)14-11-5-9-4-10(7-11)8-12(14)6-9/h2-3,9-12,14-15,18H,4-8H2,1H3. The molecule has 98 valence electrons. The van der Waals surface area contributed by atoms with E-state index < -0.39 is 0 Å². The van der Waals surface area contributed by atoms with E-state index in [1.165, 1.54) is 32.1 Å². The summed E-state index contributed by atoms with van der Waals surface area (Å²) in [5.41, 5.74) is 1.01. The number of aromatic nitrogens is 2. The molecule has 4 bridgehead atoms. The van der Waals surface area contributed by atoms with Crippen LogP contribution in [0.15, 0.2) is 12.3 Å². The number of rotatable bonds is 2. The Kier molecular flexibility index (Phi) is 2.35. The van der Waals surface area contributed by atoms with Gasteiger partial charge in [-0.2, -0.15) is 5.10 Å². The van der Waals surface area contributed by atoms with E-state index in [1.54, 1.807) is 6.20 Å². The molecular weight excluding hydrogens is 224 g/mol. The van der Waals surface area contributed by atoms with Gasteiger partial charge in [0.1, 0.15) is 0 Å². The van der Waals surface area contributed by atoms with E-state index in [9.17, 15) is 5.11 Å². The van der Waals surface area contributed by atoms with Crippen LogP contribution in [0.4, 0.5) is 0 Å². The Morgan fingerprint density at radius 1 is 1.17 bits per heavy atom. The molecule has 0 radical (unpaired) electrons. The second-order valence-electron chi connectivity index (χ2n) is 6.83. The number of aliphatic hydroxyl groups is 1. The zero-order valence-electron chi connectivity index (χ0n) is 11.0. The number of nitrogens with zero attached hydrogens (tertiary/aromatic N) is 2. The van der Waals surface area contributed by atoms with Crippen molar-refractivity contribution in [3.05, 3.63) is 18.0 Å². The van der Waals surface area contributed by atoms with Crippen molar-refractivity contribution in [2.75, 3.05) is 0 Å². The van der Waals surface area contributed by atoms with E-state index in [0.717, 1.165) is 29.4 Å². The van der Waals surface area contributed by atoms with E-state index in [0.29, 0.717) is 5.92 Å². The Labute approximate surface area is 108 Å². The molecule has 0 aromatic carbocycles. The first kappa shape index (κ1) is 11.0. The zero-order chi connectivity index (χ0) is 12.3. The van der Waals surface area contributed by atoms with Crippen LogP contribution in [0, 0.1) is 29.6 Å². The van der Waals surface area contributed by atoms with Crippen molar-refractivity contribution >= 4 is 0 Å². The largest absolute Gasteiger partial charge is 0.387 e. The zero-order valence-corrected chi connectivity index (χ0v) is 11.0. The molecule has 0 aliphatic heterocycles. The summed E-state index contributed by atoms with van der Waals surface area (Å²) in [6.45, 7) is 0. The highest BCUT2D eigenvalue weighted by Gasteiger charge is 2.50. The van der Waals surface area contributed by atoms with Crippen LogP contribution in [0.1, 0.15) is 43.9 Å². The number of aryl methyl sites for hydroxylation is 1. The van der Waals surface area contributed by atoms with Gasteiger partial charge in [-0.1, -0.05) is 0 Å². The topological polar surface area (TPSA) is 38.0 Å². The third kappa shape index (κ3) is 1.49. The van der Waals surface area contributed by atoms with Crippen LogP contribution in [0.3, 0.4) is 0 Å². The normalized spacial score (nSPS) is 43.3. The molecule has 1 N–H and O–H groups in total. The molecule has 1 unspecified atom stereocenters. The summed E-state index contributed by atoms with van der Waals surface area (Å²) in [5, 5.41) is 15.0. The molecule has 18 heavy (non-hydrogen) atoms. The van der Waals surface area contributed by atoms with E-state index in [4.69, 9.17) is 0 Å². The fraction of sp³-hybridized carbons (Fsp3) is 0.800. The smallest absolute Gasteiger partial charge is 0.0989 e. The highest BCUT2D eigenvalue weighted by molar-refractivity contribution is 5.10. The van der Waals surface area contributed by atoms with Crippen molar-refractivity contribution in [3.8, 4) is 0 Å². The van der Waals surface area contributed by atoms with Crippen LogP contribution < -0.4 is 0 Å². The third-order valence-corrected chi connectivity index (χ3v) is 5.83. The molecule has 1 atom stereocenters. The van der Waals surface area contributed by atoms with Crippen molar-refractivity contribution in [1.82, 2.24) is 9.78 Å². The average molecular weight is 246 g/mol. The van der Waals surface area contributed by atoms with Crippen molar-refractivity contribution in [2.45, 2.75) is 38.2 Å². The summed E-state index contributed by atoms with van der Waals surface area (Å²) in [6, 6.07) is 1.98. The number of hydrogen-bond acceptors (Lipinski definition) is 2. The van der Waals surface area contributed by atoms with Crippen molar-refractivity contribution < 1.29 is 5.11 Å². The van der Waals surface area contributed by atoms with Gasteiger partial charge >= 0.3 is 0 Å². The molecule has 5 rings (SSSR count). The van der Waals surface area contributed by atoms with Gasteiger partial charge in [-0.25, -0.2) is 0 Å². The quantitative estimate of drug-likeness (QED) is 0.870.